The van der Waals surface area contributed by atoms with Gasteiger partial charge in [-0.25, -0.2) is 4.98 Å². The van der Waals surface area contributed by atoms with Gasteiger partial charge in [-0.2, -0.15) is 0 Å². The summed E-state index contributed by atoms with van der Waals surface area (Å²) >= 11 is 5.40. The highest BCUT2D eigenvalue weighted by molar-refractivity contribution is 7.80. The molecule has 1 fully saturated rings. The Balaban J connectivity index is 1.82. The molecular formula is C14H21N4S+. The van der Waals surface area contributed by atoms with E-state index in [-0.39, 0.29) is 0 Å². The number of aromatic nitrogens is 1. The number of hydrogen-bond acceptors (Lipinski definition) is 2. The number of piperazine rings is 1. The van der Waals surface area contributed by atoms with Gasteiger partial charge in [-0.3, -0.25) is 4.90 Å². The molecule has 4 nitrogen and oxygen atoms in total. The van der Waals surface area contributed by atoms with E-state index in [4.69, 9.17) is 12.2 Å². The Morgan fingerprint density at radius 2 is 2.11 bits per heavy atom. The number of hydrogen-bond donors (Lipinski definition) is 1. The Morgan fingerprint density at radius 3 is 2.68 bits per heavy atom. The molecule has 1 aliphatic rings. The summed E-state index contributed by atoms with van der Waals surface area (Å²) in [6.45, 7) is 10.5. The van der Waals surface area contributed by atoms with Crippen LogP contribution in [0.1, 0.15) is 6.92 Å². The first-order chi connectivity index (χ1) is 9.16. The minimum Gasteiger partial charge on any atom is -0.359 e. The molecule has 19 heavy (non-hydrogen) atoms. The van der Waals surface area contributed by atoms with Gasteiger partial charge >= 0.3 is 0 Å². The summed E-state index contributed by atoms with van der Waals surface area (Å²) in [7, 11) is 0. The fraction of sp³-hybridized carbons (Fsp3) is 0.429. The lowest BCUT2D eigenvalue weighted by molar-refractivity contribution is -0.364. The first-order valence-corrected chi connectivity index (χ1v) is 6.96. The van der Waals surface area contributed by atoms with E-state index in [0.29, 0.717) is 0 Å². The van der Waals surface area contributed by atoms with Gasteiger partial charge in [0, 0.05) is 12.6 Å². The van der Waals surface area contributed by atoms with Gasteiger partial charge in [-0.1, -0.05) is 18.2 Å². The molecule has 1 saturated heterocycles. The Morgan fingerprint density at radius 1 is 1.37 bits per heavy atom. The second-order valence-corrected chi connectivity index (χ2v) is 5.22. The van der Waals surface area contributed by atoms with E-state index >= 15 is 0 Å². The molecule has 0 spiro atoms. The largest absolute Gasteiger partial charge is 0.359 e. The highest BCUT2D eigenvalue weighted by Gasteiger charge is 2.24. The normalized spacial score (nSPS) is 15.2. The summed E-state index contributed by atoms with van der Waals surface area (Å²) < 4.78 is 0. The fourth-order valence-corrected chi connectivity index (χ4v) is 2.32. The standard InChI is InChI=1S/C14H20N4S/c1-12(2)11-16-14(19)18-9-7-17(8-10-18)13-5-3-4-6-15-13/h3-6H,1,7-11H2,2H3,(H,16,19)/p+1. The van der Waals surface area contributed by atoms with Crippen molar-refractivity contribution < 1.29 is 4.98 Å². The van der Waals surface area contributed by atoms with Crippen LogP contribution in [0.4, 0.5) is 5.82 Å². The van der Waals surface area contributed by atoms with Crippen molar-refractivity contribution in [1.29, 1.82) is 0 Å². The van der Waals surface area contributed by atoms with Crippen molar-refractivity contribution in [2.75, 3.05) is 37.6 Å². The lowest BCUT2D eigenvalue weighted by Crippen LogP contribution is -2.52. The van der Waals surface area contributed by atoms with Crippen molar-refractivity contribution in [3.8, 4) is 0 Å². The average Bonchev–Trinajstić information content (AvgIpc) is 2.46. The summed E-state index contributed by atoms with van der Waals surface area (Å²) in [5.41, 5.74) is 1.10. The lowest BCUT2D eigenvalue weighted by atomic mass is 10.3. The molecule has 1 aliphatic heterocycles. The van der Waals surface area contributed by atoms with Gasteiger partial charge in [0.25, 0.3) is 5.82 Å². The summed E-state index contributed by atoms with van der Waals surface area (Å²) in [5.74, 6) is 1.17. The van der Waals surface area contributed by atoms with Crippen LogP contribution in [0.2, 0.25) is 0 Å². The van der Waals surface area contributed by atoms with Crippen LogP contribution in [-0.4, -0.2) is 42.7 Å². The van der Waals surface area contributed by atoms with E-state index in [1.807, 2.05) is 19.2 Å². The smallest absolute Gasteiger partial charge is 0.274 e. The predicted octanol–water partition coefficient (Wildman–Crippen LogP) is 1.07. The average molecular weight is 277 g/mol. The Hall–Kier alpha value is -1.62. The Bertz CT molecular complexity index is 438. The molecule has 0 bridgehead atoms. The SMILES string of the molecule is C=C(C)CNC(=S)N1CCN(c2cccc[nH+]2)CC1. The van der Waals surface area contributed by atoms with Crippen LogP contribution in [0, 0.1) is 0 Å². The maximum absolute atomic E-state index is 5.40. The number of nitrogens with one attached hydrogen (secondary N) is 2. The summed E-state index contributed by atoms with van der Waals surface area (Å²) in [6, 6.07) is 6.15. The predicted molar refractivity (Wildman–Crippen MR) is 82.2 cm³/mol. The summed E-state index contributed by atoms with van der Waals surface area (Å²) in [4.78, 5) is 7.83. The maximum Gasteiger partial charge on any atom is 0.274 e. The second kappa shape index (κ2) is 6.52. The number of nitrogens with zero attached hydrogens (tertiary/aromatic N) is 2. The molecule has 0 aliphatic carbocycles. The number of H-pyrrole nitrogens is 1. The molecule has 2 N–H and O–H groups in total. The lowest BCUT2D eigenvalue weighted by Gasteiger charge is -2.32. The number of pyridine rings is 1. The van der Waals surface area contributed by atoms with Crippen LogP contribution in [-0.2, 0) is 0 Å². The van der Waals surface area contributed by atoms with Gasteiger partial charge in [0.15, 0.2) is 5.11 Å². The third-order valence-corrected chi connectivity index (χ3v) is 3.54. The molecule has 5 heteroatoms. The van der Waals surface area contributed by atoms with Gasteiger partial charge in [0.1, 0.15) is 13.1 Å². The fourth-order valence-electron chi connectivity index (χ4n) is 2.07. The third-order valence-electron chi connectivity index (χ3n) is 3.14. The zero-order valence-electron chi connectivity index (χ0n) is 11.4. The van der Waals surface area contributed by atoms with Crippen molar-refractivity contribution in [3.63, 3.8) is 0 Å². The van der Waals surface area contributed by atoms with Crippen LogP contribution in [0.3, 0.4) is 0 Å². The van der Waals surface area contributed by atoms with Gasteiger partial charge in [-0.15, -0.1) is 0 Å². The Kier molecular flexibility index (Phi) is 4.74. The van der Waals surface area contributed by atoms with E-state index in [2.05, 4.69) is 38.8 Å². The molecule has 0 aromatic carbocycles. The highest BCUT2D eigenvalue weighted by atomic mass is 32.1. The Labute approximate surface area is 120 Å². The molecule has 0 unspecified atom stereocenters. The second-order valence-electron chi connectivity index (χ2n) is 4.84. The van der Waals surface area contributed by atoms with E-state index < -0.39 is 0 Å². The quantitative estimate of drug-likeness (QED) is 0.662. The van der Waals surface area contributed by atoms with Crippen LogP contribution in [0.25, 0.3) is 0 Å². The zero-order chi connectivity index (χ0) is 13.7. The topological polar surface area (TPSA) is 32.6 Å². The summed E-state index contributed by atoms with van der Waals surface area (Å²) in [6.07, 6.45) is 1.96. The number of rotatable bonds is 3. The van der Waals surface area contributed by atoms with Gasteiger partial charge < -0.3 is 10.2 Å². The molecule has 0 radical (unpaired) electrons. The van der Waals surface area contributed by atoms with Gasteiger partial charge in [0.2, 0.25) is 0 Å². The van der Waals surface area contributed by atoms with Crippen LogP contribution in [0.15, 0.2) is 36.5 Å². The summed E-state index contributed by atoms with van der Waals surface area (Å²) in [5, 5.41) is 4.07. The van der Waals surface area contributed by atoms with Crippen molar-refractivity contribution in [1.82, 2.24) is 10.2 Å². The maximum atomic E-state index is 5.40. The first kappa shape index (κ1) is 13.8. The molecule has 1 aromatic rings. The van der Waals surface area contributed by atoms with E-state index in [9.17, 15) is 0 Å². The van der Waals surface area contributed by atoms with Crippen molar-refractivity contribution in [2.24, 2.45) is 0 Å². The van der Waals surface area contributed by atoms with E-state index in [0.717, 1.165) is 43.4 Å². The number of aromatic amines is 1. The van der Waals surface area contributed by atoms with Crippen molar-refractivity contribution in [2.45, 2.75) is 6.92 Å². The van der Waals surface area contributed by atoms with E-state index in [1.54, 1.807) is 0 Å². The van der Waals surface area contributed by atoms with Crippen LogP contribution < -0.4 is 15.2 Å². The minimum absolute atomic E-state index is 0.755. The van der Waals surface area contributed by atoms with Crippen molar-refractivity contribution in [3.05, 3.63) is 36.5 Å². The molecule has 102 valence electrons. The van der Waals surface area contributed by atoms with Crippen LogP contribution >= 0.6 is 12.2 Å². The first-order valence-electron chi connectivity index (χ1n) is 6.55. The third kappa shape index (κ3) is 3.92. The molecule has 1 aromatic heterocycles. The molecule has 0 atom stereocenters. The molecule has 2 heterocycles. The number of thiocarbonyl (C=S) groups is 1. The molecule has 0 amide bonds. The monoisotopic (exact) mass is 277 g/mol. The van der Waals surface area contributed by atoms with Gasteiger partial charge in [-0.05, 0) is 25.2 Å². The van der Waals surface area contributed by atoms with E-state index in [1.165, 1.54) is 5.82 Å². The minimum atomic E-state index is 0.755. The van der Waals surface area contributed by atoms with Crippen molar-refractivity contribution >= 4 is 23.1 Å². The van der Waals surface area contributed by atoms with Gasteiger partial charge in [0.05, 0.1) is 19.3 Å². The molecule has 0 saturated carbocycles. The highest BCUT2D eigenvalue weighted by Crippen LogP contribution is 2.09. The molecule has 2 rings (SSSR count). The number of anilines is 1. The molecular weight excluding hydrogens is 256 g/mol. The van der Waals surface area contributed by atoms with Crippen LogP contribution in [0.5, 0.6) is 0 Å². The zero-order valence-corrected chi connectivity index (χ0v) is 12.2.